The van der Waals surface area contributed by atoms with Crippen LogP contribution >= 0.6 is 15.9 Å². The van der Waals surface area contributed by atoms with Crippen LogP contribution in [0.1, 0.15) is 15.9 Å². The molecule has 0 spiro atoms. The molecule has 0 aromatic heterocycles. The molecular weight excluding hydrogens is 310 g/mol. The number of hydrogen-bond acceptors (Lipinski definition) is 3. The minimum absolute atomic E-state index is 0.0817. The Morgan fingerprint density at radius 2 is 1.95 bits per heavy atom. The van der Waals surface area contributed by atoms with E-state index >= 15 is 0 Å². The highest BCUT2D eigenvalue weighted by molar-refractivity contribution is 9.10. The first-order valence-electron chi connectivity index (χ1n) is 5.70. The lowest BCUT2D eigenvalue weighted by atomic mass is 10.2. The number of carbonyl (C=O) groups is 1. The molecule has 2 aromatic rings. The van der Waals surface area contributed by atoms with Gasteiger partial charge in [0.15, 0.2) is 5.75 Å². The number of halogens is 1. The molecule has 1 heterocycles. The van der Waals surface area contributed by atoms with Crippen LogP contribution in [0, 0.1) is 0 Å². The second-order valence-electron chi connectivity index (χ2n) is 4.19. The third-order valence-electron chi connectivity index (χ3n) is 2.88. The maximum Gasteiger partial charge on any atom is 0.259 e. The van der Waals surface area contributed by atoms with Crippen molar-refractivity contribution < 1.29 is 14.6 Å². The molecule has 1 aliphatic heterocycles. The van der Waals surface area contributed by atoms with Gasteiger partial charge in [0.1, 0.15) is 5.75 Å². The minimum Gasteiger partial charge on any atom is -0.454 e. The number of fused-ring (bicyclic) bond motifs is 2. The van der Waals surface area contributed by atoms with Crippen molar-refractivity contribution in [3.63, 3.8) is 0 Å². The number of hydrogen-bond donors (Lipinski definition) is 2. The van der Waals surface area contributed by atoms with Crippen LogP contribution in [0.2, 0.25) is 0 Å². The molecule has 0 unspecified atom stereocenters. The number of rotatable bonds is 1. The molecule has 0 bridgehead atoms. The zero-order valence-electron chi connectivity index (χ0n) is 9.81. The summed E-state index contributed by atoms with van der Waals surface area (Å²) in [4.78, 5) is 12.1. The molecule has 0 aliphatic carbocycles. The molecule has 0 radical (unpaired) electrons. The zero-order valence-corrected chi connectivity index (χ0v) is 11.4. The zero-order chi connectivity index (χ0) is 13.4. The fraction of sp³-hybridized carbons (Fsp3) is 0.0714. The van der Waals surface area contributed by atoms with E-state index in [2.05, 4.69) is 21.2 Å². The Labute approximate surface area is 118 Å². The van der Waals surface area contributed by atoms with Gasteiger partial charge in [0.05, 0.1) is 17.9 Å². The van der Waals surface area contributed by atoms with E-state index in [9.17, 15) is 4.79 Å². The molecule has 96 valence electrons. The van der Waals surface area contributed by atoms with Crippen LogP contribution in [-0.2, 0) is 6.61 Å². The number of ether oxygens (including phenoxy) is 1. The number of aliphatic hydroxyl groups is 1. The highest BCUT2D eigenvalue weighted by Crippen LogP contribution is 2.37. The molecule has 0 saturated carbocycles. The Balaban J connectivity index is 2.11. The summed E-state index contributed by atoms with van der Waals surface area (Å²) in [5.41, 5.74) is 1.75. The second-order valence-corrected chi connectivity index (χ2v) is 5.10. The summed E-state index contributed by atoms with van der Waals surface area (Å²) in [6.45, 7) is -0.0817. The van der Waals surface area contributed by atoms with Crippen molar-refractivity contribution in [3.8, 4) is 11.5 Å². The standard InChI is InChI=1S/C14H10BrNO3/c15-9-2-4-12-10(6-9)14(18)16-11-5-8(7-17)1-3-13(11)19-12/h1-6,17H,7H2,(H,16,18). The highest BCUT2D eigenvalue weighted by atomic mass is 79.9. The van der Waals surface area contributed by atoms with Crippen molar-refractivity contribution in [2.75, 3.05) is 5.32 Å². The van der Waals surface area contributed by atoms with Crippen LogP contribution in [0.4, 0.5) is 5.69 Å². The smallest absolute Gasteiger partial charge is 0.259 e. The predicted molar refractivity (Wildman–Crippen MR) is 74.5 cm³/mol. The largest absolute Gasteiger partial charge is 0.454 e. The fourth-order valence-electron chi connectivity index (χ4n) is 1.94. The number of carbonyl (C=O) groups excluding carboxylic acids is 1. The number of benzene rings is 2. The topological polar surface area (TPSA) is 58.6 Å². The van der Waals surface area contributed by atoms with Crippen LogP contribution in [0.15, 0.2) is 40.9 Å². The minimum atomic E-state index is -0.231. The van der Waals surface area contributed by atoms with Gasteiger partial charge in [0.2, 0.25) is 0 Å². The lowest BCUT2D eigenvalue weighted by molar-refractivity contribution is 0.102. The summed E-state index contributed by atoms with van der Waals surface area (Å²) >= 11 is 3.33. The van der Waals surface area contributed by atoms with Gasteiger partial charge in [-0.25, -0.2) is 0 Å². The van der Waals surface area contributed by atoms with E-state index in [1.807, 2.05) is 6.07 Å². The molecule has 2 aromatic carbocycles. The lowest BCUT2D eigenvalue weighted by Crippen LogP contribution is -2.10. The number of amides is 1. The third kappa shape index (κ3) is 2.22. The summed E-state index contributed by atoms with van der Waals surface area (Å²) in [6.07, 6.45) is 0. The molecule has 3 rings (SSSR count). The molecule has 19 heavy (non-hydrogen) atoms. The Morgan fingerprint density at radius 1 is 1.16 bits per heavy atom. The summed E-state index contributed by atoms with van der Waals surface area (Å²) in [5, 5.41) is 11.9. The molecular formula is C14H10BrNO3. The average Bonchev–Trinajstić information content (AvgIpc) is 2.54. The third-order valence-corrected chi connectivity index (χ3v) is 3.37. The van der Waals surface area contributed by atoms with Crippen molar-refractivity contribution in [2.45, 2.75) is 6.61 Å². The Morgan fingerprint density at radius 3 is 2.74 bits per heavy atom. The molecule has 0 saturated heterocycles. The molecule has 1 aliphatic rings. The molecule has 2 N–H and O–H groups in total. The first kappa shape index (κ1) is 12.2. The average molecular weight is 320 g/mol. The van der Waals surface area contributed by atoms with Crippen molar-refractivity contribution in [3.05, 3.63) is 52.0 Å². The van der Waals surface area contributed by atoms with Gasteiger partial charge in [-0.1, -0.05) is 22.0 Å². The van der Waals surface area contributed by atoms with E-state index in [1.54, 1.807) is 30.3 Å². The monoisotopic (exact) mass is 319 g/mol. The van der Waals surface area contributed by atoms with Gasteiger partial charge in [-0.15, -0.1) is 0 Å². The lowest BCUT2D eigenvalue weighted by Gasteiger charge is -2.08. The number of aliphatic hydroxyl groups excluding tert-OH is 1. The van der Waals surface area contributed by atoms with Crippen LogP contribution in [0.3, 0.4) is 0 Å². The van der Waals surface area contributed by atoms with E-state index in [-0.39, 0.29) is 12.5 Å². The molecule has 1 amide bonds. The maximum atomic E-state index is 12.1. The van der Waals surface area contributed by atoms with Crippen molar-refractivity contribution in [2.24, 2.45) is 0 Å². The van der Waals surface area contributed by atoms with E-state index in [0.717, 1.165) is 10.0 Å². The SMILES string of the molecule is O=C1Nc2cc(CO)ccc2Oc2ccc(Br)cc21. The quantitative estimate of drug-likeness (QED) is 0.847. The molecule has 0 fully saturated rings. The van der Waals surface area contributed by atoms with Gasteiger partial charge in [-0.3, -0.25) is 4.79 Å². The van der Waals surface area contributed by atoms with Crippen molar-refractivity contribution >= 4 is 27.5 Å². The van der Waals surface area contributed by atoms with Gasteiger partial charge in [0.25, 0.3) is 5.91 Å². The van der Waals surface area contributed by atoms with Gasteiger partial charge in [-0.2, -0.15) is 0 Å². The number of anilines is 1. The predicted octanol–water partition coefficient (Wildman–Crippen LogP) is 3.30. The molecule has 4 nitrogen and oxygen atoms in total. The molecule has 5 heteroatoms. The first-order chi connectivity index (χ1) is 9.17. The fourth-order valence-corrected chi connectivity index (χ4v) is 2.30. The van der Waals surface area contributed by atoms with Crippen LogP contribution < -0.4 is 10.1 Å². The Kier molecular flexibility index (Phi) is 3.00. The van der Waals surface area contributed by atoms with Gasteiger partial charge < -0.3 is 15.2 Å². The van der Waals surface area contributed by atoms with E-state index in [0.29, 0.717) is 22.7 Å². The highest BCUT2D eigenvalue weighted by Gasteiger charge is 2.21. The summed E-state index contributed by atoms with van der Waals surface area (Å²) in [6, 6.07) is 10.5. The van der Waals surface area contributed by atoms with Gasteiger partial charge in [-0.05, 0) is 35.9 Å². The summed E-state index contributed by atoms with van der Waals surface area (Å²) < 4.78 is 6.55. The van der Waals surface area contributed by atoms with Gasteiger partial charge >= 0.3 is 0 Å². The summed E-state index contributed by atoms with van der Waals surface area (Å²) in [5.74, 6) is 0.841. The van der Waals surface area contributed by atoms with Crippen molar-refractivity contribution in [1.82, 2.24) is 0 Å². The number of nitrogens with one attached hydrogen (secondary N) is 1. The Bertz CT molecular complexity index is 670. The van der Waals surface area contributed by atoms with Gasteiger partial charge in [0, 0.05) is 4.47 Å². The molecule has 0 atom stereocenters. The first-order valence-corrected chi connectivity index (χ1v) is 6.49. The van der Waals surface area contributed by atoms with E-state index in [1.165, 1.54) is 0 Å². The van der Waals surface area contributed by atoms with E-state index in [4.69, 9.17) is 9.84 Å². The van der Waals surface area contributed by atoms with E-state index < -0.39 is 0 Å². The normalized spacial score (nSPS) is 12.8. The Hall–Kier alpha value is -1.85. The van der Waals surface area contributed by atoms with Crippen molar-refractivity contribution in [1.29, 1.82) is 0 Å². The second kappa shape index (κ2) is 4.68. The van der Waals surface area contributed by atoms with Crippen LogP contribution in [-0.4, -0.2) is 11.0 Å². The maximum absolute atomic E-state index is 12.1. The van der Waals surface area contributed by atoms with Crippen LogP contribution in [0.5, 0.6) is 11.5 Å². The van der Waals surface area contributed by atoms with Crippen LogP contribution in [0.25, 0.3) is 0 Å². The summed E-state index contributed by atoms with van der Waals surface area (Å²) in [7, 11) is 0.